The topological polar surface area (TPSA) is 98.7 Å². The van der Waals surface area contributed by atoms with Gasteiger partial charge in [0.1, 0.15) is 12.7 Å². The Morgan fingerprint density at radius 2 is 2.04 bits per heavy atom. The van der Waals surface area contributed by atoms with Crippen molar-refractivity contribution in [3.63, 3.8) is 0 Å². The number of halogens is 2. The predicted molar refractivity (Wildman–Crippen MR) is 93.5 cm³/mol. The molecule has 2 aromatic heterocycles. The summed E-state index contributed by atoms with van der Waals surface area (Å²) in [5, 5.41) is 7.03. The van der Waals surface area contributed by atoms with E-state index in [9.17, 15) is 4.79 Å². The summed E-state index contributed by atoms with van der Waals surface area (Å²) in [6.45, 7) is 4.45. The van der Waals surface area contributed by atoms with E-state index in [1.165, 1.54) is 17.3 Å². The summed E-state index contributed by atoms with van der Waals surface area (Å²) >= 11 is 0. The van der Waals surface area contributed by atoms with Crippen LogP contribution in [0.4, 0.5) is 0 Å². The van der Waals surface area contributed by atoms with E-state index in [0.717, 1.165) is 12.8 Å². The molecule has 9 heteroatoms. The Balaban J connectivity index is 0.00000242. The molecule has 0 aromatic carbocycles. The number of nitrogens with one attached hydrogen (secondary N) is 1. The lowest BCUT2D eigenvalue weighted by molar-refractivity contribution is 0.0895. The molecule has 2 aromatic rings. The van der Waals surface area contributed by atoms with E-state index in [4.69, 9.17) is 5.73 Å². The van der Waals surface area contributed by atoms with Crippen LogP contribution in [0.1, 0.15) is 37.0 Å². The Morgan fingerprint density at radius 3 is 2.57 bits per heavy atom. The molecule has 0 saturated heterocycles. The van der Waals surface area contributed by atoms with Crippen LogP contribution in [0.3, 0.4) is 0 Å². The lowest BCUT2D eigenvalue weighted by Crippen LogP contribution is -2.52. The Bertz CT molecular complexity index is 593. The monoisotopic (exact) mass is 360 g/mol. The first-order valence-electron chi connectivity index (χ1n) is 6.97. The maximum absolute atomic E-state index is 12.4. The molecule has 0 atom stereocenters. The minimum Gasteiger partial charge on any atom is -0.345 e. The van der Waals surface area contributed by atoms with Gasteiger partial charge in [0.15, 0.2) is 5.82 Å². The maximum atomic E-state index is 12.4. The van der Waals surface area contributed by atoms with Crippen molar-refractivity contribution in [2.75, 3.05) is 6.54 Å². The lowest BCUT2D eigenvalue weighted by Gasteiger charge is -2.31. The third-order valence-electron chi connectivity index (χ3n) is 3.78. The summed E-state index contributed by atoms with van der Waals surface area (Å²) in [7, 11) is 0. The van der Waals surface area contributed by atoms with Crippen molar-refractivity contribution in [1.82, 2.24) is 25.1 Å². The van der Waals surface area contributed by atoms with E-state index in [2.05, 4.69) is 20.4 Å². The number of nitrogens with two attached hydrogens (primary N) is 1. The summed E-state index contributed by atoms with van der Waals surface area (Å²) in [4.78, 5) is 20.5. The first-order chi connectivity index (χ1) is 10.1. The molecule has 2 heterocycles. The van der Waals surface area contributed by atoms with E-state index in [-0.39, 0.29) is 36.3 Å². The van der Waals surface area contributed by atoms with Gasteiger partial charge in [-0.25, -0.2) is 14.6 Å². The van der Waals surface area contributed by atoms with Gasteiger partial charge >= 0.3 is 0 Å². The van der Waals surface area contributed by atoms with Gasteiger partial charge in [0.25, 0.3) is 5.91 Å². The van der Waals surface area contributed by atoms with Crippen molar-refractivity contribution in [1.29, 1.82) is 0 Å². The molecule has 0 fully saturated rings. The van der Waals surface area contributed by atoms with Crippen molar-refractivity contribution in [3.8, 4) is 5.82 Å². The number of aromatic nitrogens is 4. The predicted octanol–water partition coefficient (Wildman–Crippen LogP) is 1.75. The van der Waals surface area contributed by atoms with Gasteiger partial charge in [-0.15, -0.1) is 24.8 Å². The number of nitrogens with zero attached hydrogens (tertiary/aromatic N) is 4. The molecule has 0 unspecified atom stereocenters. The smallest absolute Gasteiger partial charge is 0.251 e. The van der Waals surface area contributed by atoms with Crippen LogP contribution in [0.15, 0.2) is 31.0 Å². The highest BCUT2D eigenvalue weighted by molar-refractivity contribution is 5.95. The SMILES string of the molecule is CCC(CC)(CN)NC(=O)c1ccnc(-n2cncn2)c1.Cl.Cl. The van der Waals surface area contributed by atoms with Crippen molar-refractivity contribution in [3.05, 3.63) is 36.5 Å². The van der Waals surface area contributed by atoms with Gasteiger partial charge in [0.2, 0.25) is 0 Å². The number of pyridine rings is 1. The second-order valence-electron chi connectivity index (χ2n) is 4.89. The number of hydrogen-bond acceptors (Lipinski definition) is 5. The highest BCUT2D eigenvalue weighted by Crippen LogP contribution is 2.15. The molecule has 3 N–H and O–H groups in total. The molecule has 0 spiro atoms. The van der Waals surface area contributed by atoms with Crippen molar-refractivity contribution >= 4 is 30.7 Å². The second-order valence-corrected chi connectivity index (χ2v) is 4.89. The van der Waals surface area contributed by atoms with Crippen LogP contribution in [0.25, 0.3) is 5.82 Å². The Morgan fingerprint density at radius 1 is 1.35 bits per heavy atom. The number of carbonyl (C=O) groups is 1. The van der Waals surface area contributed by atoms with Gasteiger partial charge in [0.05, 0.1) is 5.54 Å². The van der Waals surface area contributed by atoms with E-state index < -0.39 is 0 Å². The molecule has 23 heavy (non-hydrogen) atoms. The Hall–Kier alpha value is -1.70. The molecule has 0 bridgehead atoms. The highest BCUT2D eigenvalue weighted by atomic mass is 35.5. The van der Waals surface area contributed by atoms with Crippen LogP contribution in [-0.4, -0.2) is 37.7 Å². The van der Waals surface area contributed by atoms with E-state index in [1.54, 1.807) is 18.3 Å². The summed E-state index contributed by atoms with van der Waals surface area (Å²) in [5.74, 6) is 0.388. The fraction of sp³-hybridized carbons (Fsp3) is 0.429. The normalized spacial score (nSPS) is 10.4. The maximum Gasteiger partial charge on any atom is 0.251 e. The van der Waals surface area contributed by atoms with Crippen LogP contribution >= 0.6 is 24.8 Å². The Kier molecular flexibility index (Phi) is 8.74. The highest BCUT2D eigenvalue weighted by Gasteiger charge is 2.26. The number of hydrogen-bond donors (Lipinski definition) is 2. The number of carbonyl (C=O) groups excluding carboxylic acids is 1. The molecular formula is C14H22Cl2N6O. The third-order valence-corrected chi connectivity index (χ3v) is 3.78. The molecular weight excluding hydrogens is 339 g/mol. The van der Waals surface area contributed by atoms with E-state index in [0.29, 0.717) is 17.9 Å². The molecule has 1 amide bonds. The average Bonchev–Trinajstić information content (AvgIpc) is 3.07. The second kappa shape index (κ2) is 9.44. The van der Waals surface area contributed by atoms with E-state index in [1.807, 2.05) is 13.8 Å². The first kappa shape index (κ1) is 21.3. The lowest BCUT2D eigenvalue weighted by atomic mass is 9.92. The molecule has 0 aliphatic carbocycles. The van der Waals surface area contributed by atoms with Crippen LogP contribution in [0.2, 0.25) is 0 Å². The van der Waals surface area contributed by atoms with Crippen LogP contribution in [-0.2, 0) is 0 Å². The van der Waals surface area contributed by atoms with Gasteiger partial charge in [-0.1, -0.05) is 13.8 Å². The van der Waals surface area contributed by atoms with Crippen LogP contribution < -0.4 is 11.1 Å². The molecule has 0 aliphatic heterocycles. The molecule has 0 saturated carbocycles. The number of rotatable bonds is 6. The molecule has 0 aliphatic rings. The summed E-state index contributed by atoms with van der Waals surface area (Å²) in [6.07, 6.45) is 6.10. The Labute approximate surface area is 147 Å². The minimum absolute atomic E-state index is 0. The van der Waals surface area contributed by atoms with Crippen LogP contribution in [0.5, 0.6) is 0 Å². The fourth-order valence-corrected chi connectivity index (χ4v) is 2.09. The van der Waals surface area contributed by atoms with Gasteiger partial charge in [0, 0.05) is 18.3 Å². The van der Waals surface area contributed by atoms with Gasteiger partial charge in [-0.2, -0.15) is 5.10 Å². The van der Waals surface area contributed by atoms with Gasteiger partial charge in [-0.05, 0) is 25.0 Å². The standard InChI is InChI=1S/C14H20N6O.2ClH/c1-3-14(4-2,8-15)19-13(21)11-5-6-17-12(7-11)20-10-16-9-18-20;;/h5-7,9-10H,3-4,8,15H2,1-2H3,(H,19,21);2*1H. The van der Waals surface area contributed by atoms with Crippen molar-refractivity contribution in [2.45, 2.75) is 32.2 Å². The zero-order valence-corrected chi connectivity index (χ0v) is 14.7. The van der Waals surface area contributed by atoms with E-state index >= 15 is 0 Å². The third kappa shape index (κ3) is 4.89. The average molecular weight is 361 g/mol. The van der Waals surface area contributed by atoms with Gasteiger partial charge < -0.3 is 11.1 Å². The summed E-state index contributed by atoms with van der Waals surface area (Å²) < 4.78 is 1.51. The molecule has 7 nitrogen and oxygen atoms in total. The fourth-order valence-electron chi connectivity index (χ4n) is 2.09. The van der Waals surface area contributed by atoms with Crippen molar-refractivity contribution < 1.29 is 4.79 Å². The first-order valence-corrected chi connectivity index (χ1v) is 6.97. The minimum atomic E-state index is -0.367. The molecule has 2 rings (SSSR count). The van der Waals surface area contributed by atoms with Gasteiger partial charge in [-0.3, -0.25) is 4.79 Å². The van der Waals surface area contributed by atoms with Crippen molar-refractivity contribution in [2.24, 2.45) is 5.73 Å². The zero-order chi connectivity index (χ0) is 15.3. The molecule has 0 radical (unpaired) electrons. The molecule has 128 valence electrons. The quantitative estimate of drug-likeness (QED) is 0.817. The van der Waals surface area contributed by atoms with Crippen LogP contribution in [0, 0.1) is 0 Å². The zero-order valence-electron chi connectivity index (χ0n) is 13.1. The summed E-state index contributed by atoms with van der Waals surface area (Å²) in [6, 6.07) is 3.35. The largest absolute Gasteiger partial charge is 0.345 e. The number of amides is 1. The summed E-state index contributed by atoms with van der Waals surface area (Å²) in [5.41, 5.74) is 5.97.